The van der Waals surface area contributed by atoms with Crippen molar-refractivity contribution in [2.75, 3.05) is 19.8 Å². The molecule has 2 aliphatic heterocycles. The molecule has 2 saturated heterocycles. The molecule has 0 bridgehead atoms. The second kappa shape index (κ2) is 6.94. The molecule has 1 N–H and O–H groups in total. The van der Waals surface area contributed by atoms with Crippen molar-refractivity contribution < 1.29 is 9.13 Å². The number of aromatic amines is 1. The Morgan fingerprint density at radius 2 is 2.25 bits per heavy atom. The lowest BCUT2D eigenvalue weighted by atomic mass is 9.92. The van der Waals surface area contributed by atoms with Crippen LogP contribution in [0.3, 0.4) is 0 Å². The minimum absolute atomic E-state index is 0.206. The van der Waals surface area contributed by atoms with E-state index in [1.54, 1.807) is 0 Å². The number of hydrogen-bond acceptors (Lipinski definition) is 5. The second-order valence-electron chi connectivity index (χ2n) is 6.70. The smallest absolute Gasteiger partial charge is 0.204 e. The Hall–Kier alpha value is -1.86. The van der Waals surface area contributed by atoms with E-state index in [1.165, 1.54) is 25.3 Å². The molecule has 2 unspecified atom stereocenters. The third kappa shape index (κ3) is 3.18. The van der Waals surface area contributed by atoms with Crippen LogP contribution in [-0.2, 0) is 11.3 Å². The summed E-state index contributed by atoms with van der Waals surface area (Å²) in [6, 6.07) is 5.71. The summed E-state index contributed by atoms with van der Waals surface area (Å²) in [5, 5.41) is 13.7. The van der Waals surface area contributed by atoms with E-state index in [9.17, 15) is 4.39 Å². The molecule has 2 atom stereocenters. The van der Waals surface area contributed by atoms with E-state index in [0.717, 1.165) is 31.7 Å². The van der Waals surface area contributed by atoms with Crippen LogP contribution in [0.1, 0.15) is 31.2 Å². The molecular weight excluding hydrogens is 309 g/mol. The van der Waals surface area contributed by atoms with Gasteiger partial charge in [-0.25, -0.2) is 4.39 Å². The molecule has 0 saturated carbocycles. The highest BCUT2D eigenvalue weighted by Crippen LogP contribution is 2.31. The molecule has 7 heteroatoms. The van der Waals surface area contributed by atoms with Crippen molar-refractivity contribution in [1.29, 1.82) is 0 Å². The largest absolute Gasteiger partial charge is 0.381 e. The Morgan fingerprint density at radius 1 is 1.29 bits per heavy atom. The number of hydrogen-bond donors (Lipinski definition) is 1. The fraction of sp³-hybridized carbons (Fsp3) is 0.588. The van der Waals surface area contributed by atoms with E-state index in [1.807, 2.05) is 12.1 Å². The minimum atomic E-state index is -0.206. The van der Waals surface area contributed by atoms with Crippen LogP contribution in [0.4, 0.5) is 4.39 Å². The maximum Gasteiger partial charge on any atom is 0.204 e. The van der Waals surface area contributed by atoms with Gasteiger partial charge in [-0.2, -0.15) is 5.21 Å². The number of H-pyrrole nitrogens is 1. The monoisotopic (exact) mass is 331 g/mol. The van der Waals surface area contributed by atoms with Crippen LogP contribution < -0.4 is 0 Å². The number of ether oxygens (including phenoxy) is 1. The maximum atomic E-state index is 14.5. The molecule has 6 nitrogen and oxygen atoms in total. The van der Waals surface area contributed by atoms with Gasteiger partial charge in [0.1, 0.15) is 5.82 Å². The Balaban J connectivity index is 1.48. The van der Waals surface area contributed by atoms with Crippen LogP contribution in [0.25, 0.3) is 11.4 Å². The molecule has 2 fully saturated rings. The van der Waals surface area contributed by atoms with Gasteiger partial charge in [-0.05, 0) is 49.4 Å². The van der Waals surface area contributed by atoms with Crippen molar-refractivity contribution in [2.45, 2.75) is 38.3 Å². The lowest BCUT2D eigenvalue weighted by molar-refractivity contribution is 0.0179. The van der Waals surface area contributed by atoms with Crippen LogP contribution in [0.2, 0.25) is 0 Å². The van der Waals surface area contributed by atoms with Crippen molar-refractivity contribution >= 4 is 0 Å². The van der Waals surface area contributed by atoms with Crippen molar-refractivity contribution in [1.82, 2.24) is 25.5 Å². The number of nitrogens with one attached hydrogen (secondary N) is 1. The van der Waals surface area contributed by atoms with Gasteiger partial charge in [-0.3, -0.25) is 4.90 Å². The summed E-state index contributed by atoms with van der Waals surface area (Å²) < 4.78 is 20.2. The number of rotatable bonds is 4. The van der Waals surface area contributed by atoms with Gasteiger partial charge in [0.25, 0.3) is 0 Å². The average molecular weight is 331 g/mol. The molecule has 3 heterocycles. The van der Waals surface area contributed by atoms with Gasteiger partial charge < -0.3 is 4.74 Å². The number of halogens is 1. The molecule has 24 heavy (non-hydrogen) atoms. The Kier molecular flexibility index (Phi) is 4.53. The van der Waals surface area contributed by atoms with Crippen molar-refractivity contribution in [2.24, 2.45) is 5.92 Å². The zero-order valence-electron chi connectivity index (χ0n) is 13.6. The second-order valence-corrected chi connectivity index (χ2v) is 6.70. The summed E-state index contributed by atoms with van der Waals surface area (Å²) in [6.07, 6.45) is 4.74. The van der Waals surface area contributed by atoms with Gasteiger partial charge >= 0.3 is 0 Å². The first kappa shape index (κ1) is 15.7. The van der Waals surface area contributed by atoms with Crippen LogP contribution in [0.5, 0.6) is 0 Å². The van der Waals surface area contributed by atoms with E-state index < -0.39 is 0 Å². The highest BCUT2D eigenvalue weighted by atomic mass is 19.1. The Bertz CT molecular complexity index is 672. The molecular formula is C17H22FN5O. The number of tetrazole rings is 1. The van der Waals surface area contributed by atoms with E-state index in [2.05, 4.69) is 25.5 Å². The van der Waals surface area contributed by atoms with E-state index in [4.69, 9.17) is 4.74 Å². The zero-order chi connectivity index (χ0) is 16.4. The highest BCUT2D eigenvalue weighted by Gasteiger charge is 2.33. The van der Waals surface area contributed by atoms with Crippen LogP contribution in [-0.4, -0.2) is 51.3 Å². The number of aromatic nitrogens is 4. The van der Waals surface area contributed by atoms with Crippen molar-refractivity contribution in [3.63, 3.8) is 0 Å². The molecule has 128 valence electrons. The number of benzene rings is 1. The predicted octanol–water partition coefficient (Wildman–Crippen LogP) is 2.40. The van der Waals surface area contributed by atoms with Crippen LogP contribution in [0.15, 0.2) is 18.2 Å². The summed E-state index contributed by atoms with van der Waals surface area (Å²) in [6.45, 7) is 3.42. The lowest BCUT2D eigenvalue weighted by Crippen LogP contribution is -2.39. The summed E-state index contributed by atoms with van der Waals surface area (Å²) in [4.78, 5) is 2.42. The maximum absolute atomic E-state index is 14.5. The molecule has 0 amide bonds. The summed E-state index contributed by atoms with van der Waals surface area (Å²) in [5.41, 5.74) is 1.37. The van der Waals surface area contributed by atoms with Crippen LogP contribution in [0, 0.1) is 11.7 Å². The first-order chi connectivity index (χ1) is 11.8. The molecule has 0 spiro atoms. The van der Waals surface area contributed by atoms with Gasteiger partial charge in [-0.15, -0.1) is 10.2 Å². The molecule has 1 aromatic carbocycles. The molecule has 1 aromatic heterocycles. The normalized spacial score (nSPS) is 25.2. The topological polar surface area (TPSA) is 66.9 Å². The highest BCUT2D eigenvalue weighted by molar-refractivity contribution is 5.54. The summed E-state index contributed by atoms with van der Waals surface area (Å²) >= 11 is 0. The molecule has 2 aliphatic rings. The first-order valence-electron chi connectivity index (χ1n) is 8.65. The molecule has 4 rings (SSSR count). The lowest BCUT2D eigenvalue weighted by Gasteiger charge is -2.34. The molecule has 0 radical (unpaired) electrons. The van der Waals surface area contributed by atoms with Crippen LogP contribution >= 0.6 is 0 Å². The quantitative estimate of drug-likeness (QED) is 0.932. The summed E-state index contributed by atoms with van der Waals surface area (Å²) in [7, 11) is 0. The fourth-order valence-electron chi connectivity index (χ4n) is 3.97. The SMILES string of the molecule is Fc1cc(-c2nn[nH]n2)ccc1CN1CCCC1C1CCCOC1. The van der Waals surface area contributed by atoms with E-state index in [0.29, 0.717) is 29.9 Å². The predicted molar refractivity (Wildman–Crippen MR) is 86.5 cm³/mol. The van der Waals surface area contributed by atoms with Gasteiger partial charge in [0, 0.05) is 30.3 Å². The standard InChI is InChI=1S/C17H22FN5O/c18-15-9-12(17-19-21-22-20-17)5-6-13(15)10-23-7-1-4-16(23)14-3-2-8-24-11-14/h5-6,9,14,16H,1-4,7-8,10-11H2,(H,19,20,21,22). The van der Waals surface area contributed by atoms with Crippen molar-refractivity contribution in [3.8, 4) is 11.4 Å². The third-order valence-corrected chi connectivity index (χ3v) is 5.18. The number of nitrogens with zero attached hydrogens (tertiary/aromatic N) is 4. The van der Waals surface area contributed by atoms with Gasteiger partial charge in [0.15, 0.2) is 0 Å². The molecule has 2 aromatic rings. The minimum Gasteiger partial charge on any atom is -0.381 e. The van der Waals surface area contributed by atoms with Gasteiger partial charge in [0.05, 0.1) is 6.61 Å². The third-order valence-electron chi connectivity index (χ3n) is 5.18. The fourth-order valence-corrected chi connectivity index (χ4v) is 3.97. The molecule has 0 aliphatic carbocycles. The Labute approximate surface area is 140 Å². The van der Waals surface area contributed by atoms with Gasteiger partial charge in [-0.1, -0.05) is 12.1 Å². The average Bonchev–Trinajstić information content (AvgIpc) is 3.29. The number of likely N-dealkylation sites (tertiary alicyclic amines) is 1. The van der Waals surface area contributed by atoms with E-state index in [-0.39, 0.29) is 5.82 Å². The van der Waals surface area contributed by atoms with Gasteiger partial charge in [0.2, 0.25) is 5.82 Å². The Morgan fingerprint density at radius 3 is 3.00 bits per heavy atom. The zero-order valence-corrected chi connectivity index (χ0v) is 13.6. The van der Waals surface area contributed by atoms with Crippen molar-refractivity contribution in [3.05, 3.63) is 29.6 Å². The van der Waals surface area contributed by atoms with E-state index >= 15 is 0 Å². The summed E-state index contributed by atoms with van der Waals surface area (Å²) in [5.74, 6) is 0.796. The first-order valence-corrected chi connectivity index (χ1v) is 8.65.